The molecule has 1 N–H and O–H groups in total. The summed E-state index contributed by atoms with van der Waals surface area (Å²) in [5, 5.41) is 20.2. The van der Waals surface area contributed by atoms with Gasteiger partial charge in [0.25, 0.3) is 5.69 Å². The number of hydrogen-bond acceptors (Lipinski definition) is 5. The molecule has 2 aromatic rings. The lowest BCUT2D eigenvalue weighted by molar-refractivity contribution is -0.384. The number of rotatable bonds is 5. The maximum Gasteiger partial charge on any atom is 0.270 e. The van der Waals surface area contributed by atoms with E-state index >= 15 is 0 Å². The number of methoxy groups -OCH3 is 1. The van der Waals surface area contributed by atoms with Gasteiger partial charge in [0.05, 0.1) is 12.0 Å². The van der Waals surface area contributed by atoms with Gasteiger partial charge in [-0.25, -0.2) is 0 Å². The fraction of sp³-hybridized carbons (Fsp3) is 0.0625. The van der Waals surface area contributed by atoms with Gasteiger partial charge in [0.15, 0.2) is 17.3 Å². The number of nitrogens with zero attached hydrogens (tertiary/aromatic N) is 1. The molecule has 0 bridgehead atoms. The third kappa shape index (κ3) is 3.49. The van der Waals surface area contributed by atoms with Crippen LogP contribution in [0.2, 0.25) is 0 Å². The minimum Gasteiger partial charge on any atom is -0.504 e. The minimum absolute atomic E-state index is 0.0408. The molecule has 22 heavy (non-hydrogen) atoms. The zero-order chi connectivity index (χ0) is 16.1. The number of allylic oxidation sites excluding steroid dienone is 1. The number of phenolic OH excluding ortho intramolecular Hbond substituents is 1. The van der Waals surface area contributed by atoms with Crippen LogP contribution in [-0.4, -0.2) is 22.9 Å². The number of carbonyl (C=O) groups is 1. The van der Waals surface area contributed by atoms with E-state index in [2.05, 4.69) is 0 Å². The molecule has 0 saturated heterocycles. The van der Waals surface area contributed by atoms with E-state index in [1.165, 1.54) is 49.6 Å². The fourth-order valence-corrected chi connectivity index (χ4v) is 1.84. The number of non-ortho nitro benzene ring substituents is 1. The van der Waals surface area contributed by atoms with Crippen LogP contribution in [0.15, 0.2) is 48.5 Å². The number of phenols is 1. The molecule has 112 valence electrons. The van der Waals surface area contributed by atoms with Crippen LogP contribution in [-0.2, 0) is 0 Å². The van der Waals surface area contributed by atoms with E-state index in [1.54, 1.807) is 12.1 Å². The molecule has 0 spiro atoms. The van der Waals surface area contributed by atoms with Crippen molar-refractivity contribution in [1.82, 2.24) is 0 Å². The summed E-state index contributed by atoms with van der Waals surface area (Å²) in [6, 6.07) is 10.2. The lowest BCUT2D eigenvalue weighted by Crippen LogP contribution is -1.95. The summed E-state index contributed by atoms with van der Waals surface area (Å²) >= 11 is 0. The Morgan fingerprint density at radius 2 is 2.05 bits per heavy atom. The quantitative estimate of drug-likeness (QED) is 0.396. The van der Waals surface area contributed by atoms with Crippen molar-refractivity contribution < 1.29 is 19.6 Å². The van der Waals surface area contributed by atoms with E-state index < -0.39 is 4.92 Å². The Morgan fingerprint density at radius 3 is 2.73 bits per heavy atom. The first-order valence-corrected chi connectivity index (χ1v) is 6.35. The first-order chi connectivity index (χ1) is 10.5. The highest BCUT2D eigenvalue weighted by Gasteiger charge is 2.08. The molecule has 0 aliphatic rings. The molecule has 0 amide bonds. The average molecular weight is 299 g/mol. The van der Waals surface area contributed by atoms with Gasteiger partial charge in [-0.05, 0) is 29.8 Å². The van der Waals surface area contributed by atoms with Gasteiger partial charge >= 0.3 is 0 Å². The number of aromatic hydroxyl groups is 1. The Balaban J connectivity index is 2.21. The van der Waals surface area contributed by atoms with Crippen LogP contribution in [0, 0.1) is 10.1 Å². The highest BCUT2D eigenvalue weighted by molar-refractivity contribution is 6.07. The third-order valence-corrected chi connectivity index (χ3v) is 2.97. The van der Waals surface area contributed by atoms with Gasteiger partial charge < -0.3 is 9.84 Å². The summed E-state index contributed by atoms with van der Waals surface area (Å²) in [6.07, 6.45) is 2.81. The minimum atomic E-state index is -0.496. The zero-order valence-corrected chi connectivity index (χ0v) is 11.7. The Bertz CT molecular complexity index is 752. The molecule has 0 atom stereocenters. The molecule has 2 rings (SSSR count). The Kier molecular flexibility index (Phi) is 4.53. The van der Waals surface area contributed by atoms with Gasteiger partial charge in [-0.15, -0.1) is 0 Å². The van der Waals surface area contributed by atoms with Crippen molar-refractivity contribution in [2.75, 3.05) is 7.11 Å². The molecule has 0 unspecified atom stereocenters. The second kappa shape index (κ2) is 6.53. The number of ether oxygens (including phenoxy) is 1. The molecule has 0 heterocycles. The van der Waals surface area contributed by atoms with E-state index in [0.29, 0.717) is 11.1 Å². The summed E-state index contributed by atoms with van der Waals surface area (Å²) in [5.74, 6) is -0.152. The van der Waals surface area contributed by atoms with E-state index in [4.69, 9.17) is 4.74 Å². The van der Waals surface area contributed by atoms with E-state index in [-0.39, 0.29) is 23.0 Å². The van der Waals surface area contributed by atoms with Crippen molar-refractivity contribution >= 4 is 17.5 Å². The maximum atomic E-state index is 12.1. The van der Waals surface area contributed by atoms with Gasteiger partial charge in [-0.1, -0.05) is 18.2 Å². The van der Waals surface area contributed by atoms with Crippen LogP contribution >= 0.6 is 0 Å². The van der Waals surface area contributed by atoms with E-state index in [0.717, 1.165) is 0 Å². The van der Waals surface area contributed by atoms with Crippen molar-refractivity contribution in [3.63, 3.8) is 0 Å². The van der Waals surface area contributed by atoms with Crippen LogP contribution in [0.1, 0.15) is 15.9 Å². The van der Waals surface area contributed by atoms with E-state index in [1.807, 2.05) is 0 Å². The second-order valence-electron chi connectivity index (χ2n) is 4.44. The van der Waals surface area contributed by atoms with Gasteiger partial charge in [-0.3, -0.25) is 14.9 Å². The van der Waals surface area contributed by atoms with Gasteiger partial charge in [0, 0.05) is 17.7 Å². The monoisotopic (exact) mass is 299 g/mol. The number of nitro benzene ring substituents is 1. The number of benzene rings is 2. The third-order valence-electron chi connectivity index (χ3n) is 2.97. The highest BCUT2D eigenvalue weighted by atomic mass is 16.6. The molecule has 6 heteroatoms. The van der Waals surface area contributed by atoms with Crippen molar-refractivity contribution in [3.05, 3.63) is 69.8 Å². The van der Waals surface area contributed by atoms with Crippen molar-refractivity contribution in [2.24, 2.45) is 0 Å². The highest BCUT2D eigenvalue weighted by Crippen LogP contribution is 2.26. The predicted octanol–water partition coefficient (Wildman–Crippen LogP) is 3.21. The van der Waals surface area contributed by atoms with E-state index in [9.17, 15) is 20.0 Å². The first-order valence-electron chi connectivity index (χ1n) is 6.35. The topological polar surface area (TPSA) is 89.7 Å². The normalized spacial score (nSPS) is 10.6. The predicted molar refractivity (Wildman–Crippen MR) is 81.1 cm³/mol. The molecule has 0 radical (unpaired) electrons. The molecule has 0 saturated carbocycles. The van der Waals surface area contributed by atoms with Crippen molar-refractivity contribution in [3.8, 4) is 11.5 Å². The summed E-state index contributed by atoms with van der Waals surface area (Å²) in [4.78, 5) is 22.3. The van der Waals surface area contributed by atoms with Crippen LogP contribution in [0.3, 0.4) is 0 Å². The molecule has 0 aliphatic carbocycles. The summed E-state index contributed by atoms with van der Waals surface area (Å²) < 4.78 is 4.94. The lowest BCUT2D eigenvalue weighted by atomic mass is 10.1. The Morgan fingerprint density at radius 1 is 1.27 bits per heavy atom. The number of nitro groups is 1. The van der Waals surface area contributed by atoms with Gasteiger partial charge in [0.2, 0.25) is 0 Å². The molecular weight excluding hydrogens is 286 g/mol. The van der Waals surface area contributed by atoms with Crippen molar-refractivity contribution in [2.45, 2.75) is 0 Å². The Labute approximate surface area is 126 Å². The van der Waals surface area contributed by atoms with Crippen molar-refractivity contribution in [1.29, 1.82) is 0 Å². The molecule has 6 nitrogen and oxygen atoms in total. The summed E-state index contributed by atoms with van der Waals surface area (Å²) in [5.41, 5.74) is 0.852. The molecule has 2 aromatic carbocycles. The number of hydrogen-bond donors (Lipinski definition) is 1. The molecular formula is C16H13NO5. The standard InChI is InChI=1S/C16H13NO5/c1-22-16-10-12(6-8-15(16)19)14(18)7-5-11-3-2-4-13(9-11)17(20)21/h2-10,19H,1H3. The SMILES string of the molecule is COc1cc(C(=O)C=Cc2cccc([N+](=O)[O-])c2)ccc1O. The molecule has 0 fully saturated rings. The van der Waals surface area contributed by atoms with Crippen LogP contribution in [0.4, 0.5) is 5.69 Å². The lowest BCUT2D eigenvalue weighted by Gasteiger charge is -2.04. The molecule has 0 aromatic heterocycles. The van der Waals surface area contributed by atoms with Crippen LogP contribution in [0.25, 0.3) is 6.08 Å². The molecule has 0 aliphatic heterocycles. The van der Waals surface area contributed by atoms with Crippen LogP contribution < -0.4 is 4.74 Å². The summed E-state index contributed by atoms with van der Waals surface area (Å²) in [7, 11) is 1.39. The average Bonchev–Trinajstić information content (AvgIpc) is 2.53. The second-order valence-corrected chi connectivity index (χ2v) is 4.44. The Hall–Kier alpha value is -3.15. The number of carbonyl (C=O) groups excluding carboxylic acids is 1. The fourth-order valence-electron chi connectivity index (χ4n) is 1.84. The smallest absolute Gasteiger partial charge is 0.270 e. The van der Waals surface area contributed by atoms with Gasteiger partial charge in [-0.2, -0.15) is 0 Å². The number of ketones is 1. The first kappa shape index (κ1) is 15.2. The van der Waals surface area contributed by atoms with Crippen LogP contribution in [0.5, 0.6) is 11.5 Å². The van der Waals surface area contributed by atoms with Gasteiger partial charge in [0.1, 0.15) is 0 Å². The summed E-state index contributed by atoms with van der Waals surface area (Å²) in [6.45, 7) is 0. The largest absolute Gasteiger partial charge is 0.504 e. The zero-order valence-electron chi connectivity index (χ0n) is 11.7. The maximum absolute atomic E-state index is 12.1.